The van der Waals surface area contributed by atoms with E-state index in [1.54, 1.807) is 24.3 Å². The molecule has 4 N–H and O–H groups in total. The van der Waals surface area contributed by atoms with E-state index in [1.165, 1.54) is 0 Å². The molecule has 0 saturated carbocycles. The van der Waals surface area contributed by atoms with Crippen molar-refractivity contribution >= 4 is 5.91 Å². The lowest BCUT2D eigenvalue weighted by Crippen LogP contribution is -2.23. The van der Waals surface area contributed by atoms with E-state index in [4.69, 9.17) is 11.0 Å². The van der Waals surface area contributed by atoms with E-state index >= 15 is 0 Å². The van der Waals surface area contributed by atoms with Crippen molar-refractivity contribution in [3.8, 4) is 6.07 Å². The summed E-state index contributed by atoms with van der Waals surface area (Å²) in [6.07, 6.45) is 0.390. The predicted octanol–water partition coefficient (Wildman–Crippen LogP) is 0.447. The number of aliphatic hydroxyl groups excluding tert-OH is 1. The van der Waals surface area contributed by atoms with Gasteiger partial charge in [-0.15, -0.1) is 0 Å². The third-order valence-electron chi connectivity index (χ3n) is 2.54. The van der Waals surface area contributed by atoms with Gasteiger partial charge in [-0.3, -0.25) is 4.79 Å². The molecule has 0 fully saturated rings. The summed E-state index contributed by atoms with van der Waals surface area (Å²) in [4.78, 5) is 10.5. The smallest absolute Gasteiger partial charge is 0.217 e. The van der Waals surface area contributed by atoms with Crippen molar-refractivity contribution in [1.82, 2.24) is 5.32 Å². The number of amides is 1. The van der Waals surface area contributed by atoms with Gasteiger partial charge in [0.1, 0.15) is 0 Å². The summed E-state index contributed by atoms with van der Waals surface area (Å²) in [6.45, 7) is 1.04. The number of hydrogen-bond acceptors (Lipinski definition) is 4. The number of hydrogen-bond donors (Lipinski definition) is 3. The number of nitrogens with two attached hydrogens (primary N) is 1. The summed E-state index contributed by atoms with van der Waals surface area (Å²) in [5, 5.41) is 21.6. The molecule has 0 spiro atoms. The van der Waals surface area contributed by atoms with E-state index in [1.807, 2.05) is 6.07 Å². The SMILES string of the molecule is N#Cc1ccc(C(O)CNCCCC(N)=O)cc1. The minimum absolute atomic E-state index is 0.315. The highest BCUT2D eigenvalue weighted by molar-refractivity contribution is 5.73. The Hall–Kier alpha value is -1.90. The van der Waals surface area contributed by atoms with E-state index in [0.717, 1.165) is 5.56 Å². The highest BCUT2D eigenvalue weighted by Crippen LogP contribution is 2.12. The van der Waals surface area contributed by atoms with Gasteiger partial charge in [0.05, 0.1) is 17.7 Å². The summed E-state index contributed by atoms with van der Waals surface area (Å²) >= 11 is 0. The van der Waals surface area contributed by atoms with Gasteiger partial charge in [-0.25, -0.2) is 0 Å². The van der Waals surface area contributed by atoms with Crippen LogP contribution in [0.15, 0.2) is 24.3 Å². The molecule has 0 aliphatic carbocycles. The van der Waals surface area contributed by atoms with Crippen LogP contribution in [0.25, 0.3) is 0 Å². The first kappa shape index (κ1) is 14.2. The Bertz CT molecular complexity index is 423. The highest BCUT2D eigenvalue weighted by Gasteiger charge is 2.06. The second kappa shape index (κ2) is 7.43. The molecule has 1 amide bonds. The number of nitriles is 1. The van der Waals surface area contributed by atoms with E-state index in [9.17, 15) is 9.90 Å². The quantitative estimate of drug-likeness (QED) is 0.609. The number of aliphatic hydroxyl groups is 1. The van der Waals surface area contributed by atoms with Gasteiger partial charge in [-0.05, 0) is 30.7 Å². The molecule has 0 heterocycles. The average Bonchev–Trinajstić information content (AvgIpc) is 2.38. The maximum atomic E-state index is 10.5. The second-order valence-electron chi connectivity index (χ2n) is 4.02. The highest BCUT2D eigenvalue weighted by atomic mass is 16.3. The van der Waals surface area contributed by atoms with Crippen molar-refractivity contribution in [2.75, 3.05) is 13.1 Å². The Morgan fingerprint density at radius 3 is 2.67 bits per heavy atom. The molecule has 0 bridgehead atoms. The number of nitrogens with zero attached hydrogens (tertiary/aromatic N) is 1. The van der Waals surface area contributed by atoms with Gasteiger partial charge in [0.2, 0.25) is 5.91 Å². The van der Waals surface area contributed by atoms with Gasteiger partial charge in [0, 0.05) is 13.0 Å². The lowest BCUT2D eigenvalue weighted by molar-refractivity contribution is -0.118. The molecular weight excluding hydrogens is 230 g/mol. The van der Waals surface area contributed by atoms with Gasteiger partial charge in [0.25, 0.3) is 0 Å². The number of benzene rings is 1. The summed E-state index contributed by atoms with van der Waals surface area (Å²) in [5.74, 6) is -0.315. The topological polar surface area (TPSA) is 99.1 Å². The first-order valence-electron chi connectivity index (χ1n) is 5.80. The van der Waals surface area contributed by atoms with Crippen LogP contribution in [0.5, 0.6) is 0 Å². The van der Waals surface area contributed by atoms with Crippen LogP contribution in [0.1, 0.15) is 30.1 Å². The Labute approximate surface area is 106 Å². The molecule has 0 aliphatic rings. The van der Waals surface area contributed by atoms with Crippen LogP contribution in [0.2, 0.25) is 0 Å². The monoisotopic (exact) mass is 247 g/mol. The third kappa shape index (κ3) is 4.95. The van der Waals surface area contributed by atoms with Crippen molar-refractivity contribution in [2.24, 2.45) is 5.73 Å². The van der Waals surface area contributed by atoms with E-state index in [0.29, 0.717) is 31.5 Å². The van der Waals surface area contributed by atoms with Crippen LogP contribution < -0.4 is 11.1 Å². The molecule has 5 nitrogen and oxygen atoms in total. The molecule has 1 unspecified atom stereocenters. The van der Waals surface area contributed by atoms with Crippen LogP contribution in [0, 0.1) is 11.3 Å². The lowest BCUT2D eigenvalue weighted by atomic mass is 10.1. The summed E-state index contributed by atoms with van der Waals surface area (Å²) in [6, 6.07) is 8.83. The predicted molar refractivity (Wildman–Crippen MR) is 67.4 cm³/mol. The van der Waals surface area contributed by atoms with E-state index < -0.39 is 6.10 Å². The summed E-state index contributed by atoms with van der Waals surface area (Å²) in [7, 11) is 0. The molecule has 1 atom stereocenters. The van der Waals surface area contributed by atoms with Crippen LogP contribution in [0.3, 0.4) is 0 Å². The van der Waals surface area contributed by atoms with Gasteiger partial charge in [-0.2, -0.15) is 5.26 Å². The average molecular weight is 247 g/mol. The standard InChI is InChI=1S/C13H17N3O2/c14-8-10-3-5-11(6-4-10)12(17)9-16-7-1-2-13(15)18/h3-6,12,16-17H,1-2,7,9H2,(H2,15,18). The van der Waals surface area contributed by atoms with Crippen LogP contribution in [-0.4, -0.2) is 24.1 Å². The first-order valence-corrected chi connectivity index (χ1v) is 5.80. The van der Waals surface area contributed by atoms with Gasteiger partial charge in [0.15, 0.2) is 0 Å². The zero-order valence-electron chi connectivity index (χ0n) is 10.1. The van der Waals surface area contributed by atoms with Crippen molar-refractivity contribution < 1.29 is 9.90 Å². The maximum absolute atomic E-state index is 10.5. The Balaban J connectivity index is 2.29. The van der Waals surface area contributed by atoms with Crippen LogP contribution in [-0.2, 0) is 4.79 Å². The molecule has 1 aromatic rings. The molecule has 1 aromatic carbocycles. The zero-order chi connectivity index (χ0) is 13.4. The Morgan fingerprint density at radius 2 is 2.11 bits per heavy atom. The maximum Gasteiger partial charge on any atom is 0.217 e. The lowest BCUT2D eigenvalue weighted by Gasteiger charge is -2.12. The van der Waals surface area contributed by atoms with E-state index in [-0.39, 0.29) is 5.91 Å². The van der Waals surface area contributed by atoms with Crippen molar-refractivity contribution in [2.45, 2.75) is 18.9 Å². The third-order valence-corrected chi connectivity index (χ3v) is 2.54. The van der Waals surface area contributed by atoms with Gasteiger partial charge < -0.3 is 16.2 Å². The fraction of sp³-hybridized carbons (Fsp3) is 0.385. The Morgan fingerprint density at radius 1 is 1.44 bits per heavy atom. The zero-order valence-corrected chi connectivity index (χ0v) is 10.1. The number of carbonyl (C=O) groups is 1. The number of primary amides is 1. The molecule has 0 saturated heterocycles. The van der Waals surface area contributed by atoms with Crippen LogP contribution in [0.4, 0.5) is 0 Å². The molecule has 1 rings (SSSR count). The van der Waals surface area contributed by atoms with Gasteiger partial charge >= 0.3 is 0 Å². The molecule has 0 radical (unpaired) electrons. The number of nitrogens with one attached hydrogen (secondary N) is 1. The van der Waals surface area contributed by atoms with Gasteiger partial charge in [-0.1, -0.05) is 12.1 Å². The minimum Gasteiger partial charge on any atom is -0.387 e. The van der Waals surface area contributed by atoms with Crippen molar-refractivity contribution in [3.05, 3.63) is 35.4 Å². The van der Waals surface area contributed by atoms with Crippen molar-refractivity contribution in [1.29, 1.82) is 5.26 Å². The molecule has 18 heavy (non-hydrogen) atoms. The van der Waals surface area contributed by atoms with Crippen LogP contribution >= 0.6 is 0 Å². The summed E-state index contributed by atoms with van der Waals surface area (Å²) in [5.41, 5.74) is 6.34. The molecule has 5 heteroatoms. The fourth-order valence-electron chi connectivity index (χ4n) is 1.52. The molecular formula is C13H17N3O2. The van der Waals surface area contributed by atoms with E-state index in [2.05, 4.69) is 5.32 Å². The minimum atomic E-state index is -0.619. The molecule has 0 aliphatic heterocycles. The Kier molecular flexibility index (Phi) is 5.85. The second-order valence-corrected chi connectivity index (χ2v) is 4.02. The fourth-order valence-corrected chi connectivity index (χ4v) is 1.52. The molecule has 96 valence electrons. The largest absolute Gasteiger partial charge is 0.387 e. The van der Waals surface area contributed by atoms with Crippen molar-refractivity contribution in [3.63, 3.8) is 0 Å². The summed E-state index contributed by atoms with van der Waals surface area (Å²) < 4.78 is 0. The number of carbonyl (C=O) groups excluding carboxylic acids is 1. The first-order chi connectivity index (χ1) is 8.63. The normalized spacial score (nSPS) is 11.8. The number of rotatable bonds is 7. The molecule has 0 aromatic heterocycles.